The van der Waals surface area contributed by atoms with E-state index in [-0.39, 0.29) is 12.2 Å². The van der Waals surface area contributed by atoms with Crippen molar-refractivity contribution in [2.45, 2.75) is 84.7 Å². The third-order valence-electron chi connectivity index (χ3n) is 8.06. The van der Waals surface area contributed by atoms with Crippen LogP contribution < -0.4 is 0 Å². The molecular formula is C26H43N2O2+. The van der Waals surface area contributed by atoms with Crippen molar-refractivity contribution < 1.29 is 14.0 Å². The smallest absolute Gasteiger partial charge is 0.417 e. The van der Waals surface area contributed by atoms with Gasteiger partial charge in [-0.1, -0.05) is 33.3 Å². The molecule has 0 radical (unpaired) electrons. The van der Waals surface area contributed by atoms with Crippen LogP contribution in [0.25, 0.3) is 0 Å². The van der Waals surface area contributed by atoms with E-state index in [1.807, 2.05) is 12.3 Å². The summed E-state index contributed by atoms with van der Waals surface area (Å²) in [5.74, 6) is 2.94. The first-order valence-corrected chi connectivity index (χ1v) is 12.3. The van der Waals surface area contributed by atoms with Crippen molar-refractivity contribution in [3.8, 4) is 0 Å². The quantitative estimate of drug-likeness (QED) is 0.407. The summed E-state index contributed by atoms with van der Waals surface area (Å²) in [6.07, 6.45) is 12.2. The number of carbonyl (C=O) groups excluding carboxylic acids is 1. The van der Waals surface area contributed by atoms with Gasteiger partial charge in [-0.3, -0.25) is 4.98 Å². The molecule has 30 heavy (non-hydrogen) atoms. The average Bonchev–Trinajstić information content (AvgIpc) is 2.98. The molecule has 1 aromatic rings. The van der Waals surface area contributed by atoms with Gasteiger partial charge in [-0.25, -0.2) is 4.48 Å². The molecule has 1 amide bonds. The predicted octanol–water partition coefficient (Wildman–Crippen LogP) is 6.25. The number of aryl methyl sites for hydroxylation is 1. The van der Waals surface area contributed by atoms with Gasteiger partial charge >= 0.3 is 6.09 Å². The summed E-state index contributed by atoms with van der Waals surface area (Å²) in [7, 11) is 2.09. The van der Waals surface area contributed by atoms with Crippen LogP contribution in [0.15, 0.2) is 24.4 Å². The zero-order valence-electron chi connectivity index (χ0n) is 19.7. The van der Waals surface area contributed by atoms with Gasteiger partial charge in [0.25, 0.3) is 0 Å². The number of hydrogen-bond acceptors (Lipinski definition) is 3. The number of aromatic nitrogens is 1. The molecule has 4 heteroatoms. The van der Waals surface area contributed by atoms with Gasteiger partial charge in [0.1, 0.15) is 6.10 Å². The summed E-state index contributed by atoms with van der Waals surface area (Å²) in [5.41, 5.74) is 1.19. The summed E-state index contributed by atoms with van der Waals surface area (Å²) < 4.78 is 6.56. The molecule has 4 nitrogen and oxygen atoms in total. The zero-order valence-corrected chi connectivity index (χ0v) is 19.7. The van der Waals surface area contributed by atoms with Crippen LogP contribution in [-0.4, -0.2) is 41.8 Å². The number of ether oxygens (including phenoxy) is 1. The summed E-state index contributed by atoms with van der Waals surface area (Å²) in [4.78, 5) is 17.5. The number of piperidine rings is 1. The van der Waals surface area contributed by atoms with Crippen LogP contribution in [0.1, 0.15) is 77.8 Å². The highest BCUT2D eigenvalue weighted by Gasteiger charge is 2.41. The van der Waals surface area contributed by atoms with E-state index in [0.717, 1.165) is 68.9 Å². The summed E-state index contributed by atoms with van der Waals surface area (Å²) in [6, 6.07) is 6.17. The highest BCUT2D eigenvalue weighted by atomic mass is 16.6. The third-order valence-corrected chi connectivity index (χ3v) is 8.06. The van der Waals surface area contributed by atoms with E-state index in [4.69, 9.17) is 4.74 Å². The van der Waals surface area contributed by atoms with Crippen LogP contribution in [0, 0.1) is 23.7 Å². The second-order valence-corrected chi connectivity index (χ2v) is 10.5. The monoisotopic (exact) mass is 415 g/mol. The van der Waals surface area contributed by atoms with Crippen LogP contribution in [0.2, 0.25) is 0 Å². The maximum absolute atomic E-state index is 13.0. The molecule has 3 unspecified atom stereocenters. The predicted molar refractivity (Wildman–Crippen MR) is 122 cm³/mol. The molecule has 0 N–H and O–H groups in total. The van der Waals surface area contributed by atoms with Gasteiger partial charge in [0.05, 0.1) is 20.1 Å². The highest BCUT2D eigenvalue weighted by molar-refractivity contribution is 5.59. The minimum Gasteiger partial charge on any atom is -0.417 e. The fraction of sp³-hybridized carbons (Fsp3) is 0.769. The average molecular weight is 416 g/mol. The molecule has 1 saturated carbocycles. The maximum atomic E-state index is 13.0. The Morgan fingerprint density at radius 2 is 1.87 bits per heavy atom. The van der Waals surface area contributed by atoms with Gasteiger partial charge in [-0.2, -0.15) is 4.79 Å². The first-order chi connectivity index (χ1) is 14.4. The Labute approximate surface area is 184 Å². The van der Waals surface area contributed by atoms with Crippen LogP contribution in [0.5, 0.6) is 0 Å². The molecule has 2 aliphatic rings. The second kappa shape index (κ2) is 10.7. The van der Waals surface area contributed by atoms with Gasteiger partial charge in [0, 0.05) is 24.7 Å². The first-order valence-electron chi connectivity index (χ1n) is 12.3. The summed E-state index contributed by atoms with van der Waals surface area (Å²) >= 11 is 0. The molecule has 1 aliphatic carbocycles. The van der Waals surface area contributed by atoms with E-state index in [9.17, 15) is 4.79 Å². The molecule has 1 aromatic heterocycles. The van der Waals surface area contributed by atoms with Gasteiger partial charge in [-0.15, -0.1) is 0 Å². The van der Waals surface area contributed by atoms with E-state index in [1.54, 1.807) is 0 Å². The molecule has 3 atom stereocenters. The number of amides is 1. The summed E-state index contributed by atoms with van der Waals surface area (Å²) in [5, 5.41) is 0. The molecule has 2 fully saturated rings. The largest absolute Gasteiger partial charge is 0.516 e. The first kappa shape index (κ1) is 23.2. The SMILES string of the molecule is CC(C)C(C)C1CC[N+](C)(C(=O)OC2CCCC(CCc3ccccn3)CC2)CC1. The van der Waals surface area contributed by atoms with Crippen molar-refractivity contribution in [2.75, 3.05) is 20.1 Å². The molecule has 1 aliphatic heterocycles. The van der Waals surface area contributed by atoms with Crippen LogP contribution in [0.3, 0.4) is 0 Å². The lowest BCUT2D eigenvalue weighted by atomic mass is 9.79. The van der Waals surface area contributed by atoms with Crippen LogP contribution in [-0.2, 0) is 11.2 Å². The number of hydrogen-bond donors (Lipinski definition) is 0. The zero-order chi connectivity index (χ0) is 21.6. The van der Waals surface area contributed by atoms with E-state index >= 15 is 0 Å². The highest BCUT2D eigenvalue weighted by Crippen LogP contribution is 2.33. The normalized spacial score (nSPS) is 31.2. The van der Waals surface area contributed by atoms with Crippen molar-refractivity contribution in [1.82, 2.24) is 4.98 Å². The molecule has 3 rings (SSSR count). The van der Waals surface area contributed by atoms with E-state index < -0.39 is 0 Å². The maximum Gasteiger partial charge on any atom is 0.516 e. The standard InChI is InChI=1S/C26H43N2O2/c1-20(2)21(3)23-15-18-28(4,19-16-23)26(29)30-25-10-7-8-22(12-14-25)11-13-24-9-5-6-17-27-24/h5-6,9,17,20-23,25H,7-8,10-16,18-19H2,1-4H3/q+1. The fourth-order valence-corrected chi connectivity index (χ4v) is 5.33. The van der Waals surface area contributed by atoms with Gasteiger partial charge < -0.3 is 4.74 Å². The molecule has 0 spiro atoms. The Kier molecular flexibility index (Phi) is 8.33. The minimum absolute atomic E-state index is 0.0163. The second-order valence-electron chi connectivity index (χ2n) is 10.5. The molecule has 2 heterocycles. The fourth-order valence-electron chi connectivity index (χ4n) is 5.33. The van der Waals surface area contributed by atoms with Crippen molar-refractivity contribution in [2.24, 2.45) is 23.7 Å². The molecule has 1 saturated heterocycles. The number of likely N-dealkylation sites (tertiary alicyclic amines) is 1. The Bertz CT molecular complexity index is 652. The van der Waals surface area contributed by atoms with Crippen molar-refractivity contribution in [1.29, 1.82) is 0 Å². The Hall–Kier alpha value is -1.42. The Morgan fingerprint density at radius 3 is 2.53 bits per heavy atom. The Morgan fingerprint density at radius 1 is 1.10 bits per heavy atom. The topological polar surface area (TPSA) is 39.2 Å². The lowest BCUT2D eigenvalue weighted by Gasteiger charge is -2.40. The van der Waals surface area contributed by atoms with E-state index in [0.29, 0.717) is 4.48 Å². The molecule has 0 bridgehead atoms. The van der Waals surface area contributed by atoms with E-state index in [2.05, 4.69) is 44.9 Å². The number of carbonyl (C=O) groups is 1. The number of rotatable bonds is 6. The van der Waals surface area contributed by atoms with Gasteiger partial charge in [0.2, 0.25) is 0 Å². The number of nitrogens with zero attached hydrogens (tertiary/aromatic N) is 2. The number of quaternary nitrogens is 1. The lowest BCUT2D eigenvalue weighted by molar-refractivity contribution is -0.845. The molecule has 168 valence electrons. The molecule has 0 aromatic carbocycles. The van der Waals surface area contributed by atoms with Crippen molar-refractivity contribution in [3.63, 3.8) is 0 Å². The van der Waals surface area contributed by atoms with Crippen LogP contribution in [0.4, 0.5) is 4.79 Å². The minimum atomic E-state index is 0.0163. The van der Waals surface area contributed by atoms with Crippen LogP contribution >= 0.6 is 0 Å². The van der Waals surface area contributed by atoms with E-state index in [1.165, 1.54) is 31.4 Å². The third kappa shape index (κ3) is 6.29. The number of pyridine rings is 1. The van der Waals surface area contributed by atoms with Crippen molar-refractivity contribution in [3.05, 3.63) is 30.1 Å². The lowest BCUT2D eigenvalue weighted by Crippen LogP contribution is -2.55. The Balaban J connectivity index is 1.43. The summed E-state index contributed by atoms with van der Waals surface area (Å²) in [6.45, 7) is 8.87. The van der Waals surface area contributed by atoms with Gasteiger partial charge in [0.15, 0.2) is 0 Å². The van der Waals surface area contributed by atoms with Gasteiger partial charge in [-0.05, 0) is 74.3 Å². The molecular weight excluding hydrogens is 372 g/mol. The van der Waals surface area contributed by atoms with Crippen molar-refractivity contribution >= 4 is 6.09 Å².